The summed E-state index contributed by atoms with van der Waals surface area (Å²) in [5.74, 6) is -0.0794. The second kappa shape index (κ2) is 8.68. The zero-order valence-electron chi connectivity index (χ0n) is 16.2. The maximum Gasteiger partial charge on any atom is 0.253 e. The highest BCUT2D eigenvalue weighted by Crippen LogP contribution is 2.21. The number of carbonyl (C=O) groups is 1. The summed E-state index contributed by atoms with van der Waals surface area (Å²) in [4.78, 5) is 17.4. The number of nitrogens with zero attached hydrogens (tertiary/aromatic N) is 3. The summed E-state index contributed by atoms with van der Waals surface area (Å²) in [7, 11) is -3.56. The first kappa shape index (κ1) is 20.3. The second-order valence-corrected chi connectivity index (χ2v) is 9.03. The largest absolute Gasteiger partial charge is 0.337 e. The fraction of sp³-hybridized carbons (Fsp3) is 0.632. The smallest absolute Gasteiger partial charge is 0.253 e. The summed E-state index contributed by atoms with van der Waals surface area (Å²) in [6.07, 6.45) is 0.975. The molecule has 1 N–H and O–H groups in total. The van der Waals surface area contributed by atoms with Crippen molar-refractivity contribution < 1.29 is 13.2 Å². The van der Waals surface area contributed by atoms with Crippen molar-refractivity contribution in [2.45, 2.75) is 31.2 Å². The van der Waals surface area contributed by atoms with E-state index in [-0.39, 0.29) is 10.8 Å². The standard InChI is InChI=1S/C19H30N4O3S/c1-3-23(4-2)27(25,26)18-7-5-6-16(14-18)19(24)22-11-8-17(15-22)21-12-9-20-10-13-21/h5-7,14,17,20H,3-4,8-13,15H2,1-2H3. The van der Waals surface area contributed by atoms with Crippen LogP contribution in [-0.4, -0.2) is 86.8 Å². The zero-order valence-corrected chi connectivity index (χ0v) is 17.0. The molecule has 150 valence electrons. The molecular weight excluding hydrogens is 364 g/mol. The van der Waals surface area contributed by atoms with Crippen molar-refractivity contribution in [2.75, 3.05) is 52.4 Å². The molecule has 0 spiro atoms. The minimum Gasteiger partial charge on any atom is -0.337 e. The Balaban J connectivity index is 1.72. The maximum atomic E-state index is 13.0. The summed E-state index contributed by atoms with van der Waals surface area (Å²) in [6, 6.07) is 6.86. The number of hydrogen-bond acceptors (Lipinski definition) is 5. The van der Waals surface area contributed by atoms with Gasteiger partial charge in [0.25, 0.3) is 5.91 Å². The van der Waals surface area contributed by atoms with Crippen LogP contribution >= 0.6 is 0 Å². The van der Waals surface area contributed by atoms with Gasteiger partial charge in [-0.1, -0.05) is 19.9 Å². The van der Waals surface area contributed by atoms with E-state index < -0.39 is 10.0 Å². The molecule has 2 saturated heterocycles. The van der Waals surface area contributed by atoms with Gasteiger partial charge in [-0.25, -0.2) is 8.42 Å². The fourth-order valence-corrected chi connectivity index (χ4v) is 5.46. The van der Waals surface area contributed by atoms with E-state index in [0.717, 1.165) is 39.1 Å². The number of rotatable bonds is 6. The van der Waals surface area contributed by atoms with Gasteiger partial charge in [0, 0.05) is 64.0 Å². The molecule has 27 heavy (non-hydrogen) atoms. The van der Waals surface area contributed by atoms with Gasteiger partial charge in [0.2, 0.25) is 10.0 Å². The summed E-state index contributed by atoms with van der Waals surface area (Å²) in [6.45, 7) is 9.92. The summed E-state index contributed by atoms with van der Waals surface area (Å²) < 4.78 is 26.9. The highest BCUT2D eigenvalue weighted by Gasteiger charge is 2.32. The van der Waals surface area contributed by atoms with Crippen LogP contribution in [0.5, 0.6) is 0 Å². The monoisotopic (exact) mass is 394 g/mol. The first-order valence-corrected chi connectivity index (χ1v) is 11.3. The molecule has 7 nitrogen and oxygen atoms in total. The second-order valence-electron chi connectivity index (χ2n) is 7.10. The predicted molar refractivity (Wildman–Crippen MR) is 105 cm³/mol. The zero-order chi connectivity index (χ0) is 19.4. The average molecular weight is 395 g/mol. The minimum atomic E-state index is -3.56. The Kier molecular flexibility index (Phi) is 6.52. The van der Waals surface area contributed by atoms with E-state index in [1.165, 1.54) is 10.4 Å². The highest BCUT2D eigenvalue weighted by molar-refractivity contribution is 7.89. The molecule has 1 unspecified atom stereocenters. The average Bonchev–Trinajstić information content (AvgIpc) is 3.19. The number of carbonyl (C=O) groups excluding carboxylic acids is 1. The van der Waals surface area contributed by atoms with E-state index >= 15 is 0 Å². The van der Waals surface area contributed by atoms with Gasteiger partial charge in [0.15, 0.2) is 0 Å². The van der Waals surface area contributed by atoms with Crippen molar-refractivity contribution in [1.29, 1.82) is 0 Å². The number of hydrogen-bond donors (Lipinski definition) is 1. The van der Waals surface area contributed by atoms with Crippen molar-refractivity contribution >= 4 is 15.9 Å². The SMILES string of the molecule is CCN(CC)S(=O)(=O)c1cccc(C(=O)N2CCC(N3CCNCC3)C2)c1. The molecule has 1 aromatic rings. The molecule has 3 rings (SSSR count). The quantitative estimate of drug-likeness (QED) is 0.774. The lowest BCUT2D eigenvalue weighted by atomic mass is 10.2. The molecular formula is C19H30N4O3S. The van der Waals surface area contributed by atoms with E-state index in [1.807, 2.05) is 18.7 Å². The Labute approximate surface area is 162 Å². The first-order valence-electron chi connectivity index (χ1n) is 9.81. The summed E-state index contributed by atoms with van der Waals surface area (Å²) in [5, 5.41) is 3.35. The third kappa shape index (κ3) is 4.34. The van der Waals surface area contributed by atoms with E-state index in [4.69, 9.17) is 0 Å². The Hall–Kier alpha value is -1.48. The Morgan fingerprint density at radius 2 is 1.89 bits per heavy atom. The van der Waals surface area contributed by atoms with Crippen LogP contribution in [0.25, 0.3) is 0 Å². The van der Waals surface area contributed by atoms with Crippen molar-refractivity contribution in [2.24, 2.45) is 0 Å². The van der Waals surface area contributed by atoms with Gasteiger partial charge < -0.3 is 10.2 Å². The van der Waals surface area contributed by atoms with Crippen molar-refractivity contribution in [3.8, 4) is 0 Å². The predicted octanol–water partition coefficient (Wildman–Crippen LogP) is 0.837. The van der Waals surface area contributed by atoms with Crippen LogP contribution in [0.2, 0.25) is 0 Å². The van der Waals surface area contributed by atoms with Crippen LogP contribution in [0, 0.1) is 0 Å². The van der Waals surface area contributed by atoms with E-state index in [0.29, 0.717) is 31.2 Å². The van der Waals surface area contributed by atoms with Crippen LogP contribution in [0.3, 0.4) is 0 Å². The topological polar surface area (TPSA) is 73.0 Å². The molecule has 2 heterocycles. The first-order chi connectivity index (χ1) is 13.0. The van der Waals surface area contributed by atoms with Gasteiger partial charge in [-0.05, 0) is 24.6 Å². The lowest BCUT2D eigenvalue weighted by molar-refractivity contribution is 0.0773. The Bertz CT molecular complexity index is 758. The van der Waals surface area contributed by atoms with Crippen LogP contribution in [0.1, 0.15) is 30.6 Å². The van der Waals surface area contributed by atoms with Crippen molar-refractivity contribution in [1.82, 2.24) is 19.4 Å². The van der Waals surface area contributed by atoms with Crippen LogP contribution in [0.4, 0.5) is 0 Å². The molecule has 2 aliphatic rings. The normalized spacial score (nSPS) is 21.7. The minimum absolute atomic E-state index is 0.0794. The van der Waals surface area contributed by atoms with Gasteiger partial charge in [-0.2, -0.15) is 4.31 Å². The Morgan fingerprint density at radius 3 is 2.56 bits per heavy atom. The molecule has 0 bridgehead atoms. The van der Waals surface area contributed by atoms with Crippen molar-refractivity contribution in [3.63, 3.8) is 0 Å². The van der Waals surface area contributed by atoms with E-state index in [1.54, 1.807) is 18.2 Å². The maximum absolute atomic E-state index is 13.0. The van der Waals surface area contributed by atoms with Crippen LogP contribution in [-0.2, 0) is 10.0 Å². The Morgan fingerprint density at radius 1 is 1.19 bits per heavy atom. The fourth-order valence-electron chi connectivity index (χ4n) is 3.96. The number of nitrogens with one attached hydrogen (secondary N) is 1. The molecule has 0 saturated carbocycles. The molecule has 2 fully saturated rings. The third-order valence-electron chi connectivity index (χ3n) is 5.54. The summed E-state index contributed by atoms with van der Waals surface area (Å²) in [5.41, 5.74) is 0.448. The molecule has 0 aliphatic carbocycles. The van der Waals surface area contributed by atoms with Crippen LogP contribution in [0.15, 0.2) is 29.2 Å². The highest BCUT2D eigenvalue weighted by atomic mass is 32.2. The molecule has 1 aromatic carbocycles. The van der Waals surface area contributed by atoms with E-state index in [9.17, 15) is 13.2 Å². The van der Waals surface area contributed by atoms with Gasteiger partial charge in [-0.3, -0.25) is 9.69 Å². The molecule has 0 radical (unpaired) electrons. The lowest BCUT2D eigenvalue weighted by Crippen LogP contribution is -2.49. The van der Waals surface area contributed by atoms with Gasteiger partial charge in [-0.15, -0.1) is 0 Å². The van der Waals surface area contributed by atoms with Gasteiger partial charge in [0.1, 0.15) is 0 Å². The number of benzene rings is 1. The number of sulfonamides is 1. The van der Waals surface area contributed by atoms with Gasteiger partial charge in [0.05, 0.1) is 4.90 Å². The molecule has 1 amide bonds. The third-order valence-corrected chi connectivity index (χ3v) is 7.59. The number of amides is 1. The molecule has 1 atom stereocenters. The van der Waals surface area contributed by atoms with E-state index in [2.05, 4.69) is 10.2 Å². The summed E-state index contributed by atoms with van der Waals surface area (Å²) >= 11 is 0. The molecule has 8 heteroatoms. The number of piperazine rings is 1. The van der Waals surface area contributed by atoms with Gasteiger partial charge >= 0.3 is 0 Å². The molecule has 2 aliphatic heterocycles. The van der Waals surface area contributed by atoms with Crippen LogP contribution < -0.4 is 5.32 Å². The molecule has 0 aromatic heterocycles. The number of likely N-dealkylation sites (tertiary alicyclic amines) is 1. The van der Waals surface area contributed by atoms with Crippen molar-refractivity contribution in [3.05, 3.63) is 29.8 Å². The lowest BCUT2D eigenvalue weighted by Gasteiger charge is -2.32.